The average Bonchev–Trinajstić information content (AvgIpc) is 2.81. The Balaban J connectivity index is 2.17. The lowest BCUT2D eigenvalue weighted by Crippen LogP contribution is -2.13. The highest BCUT2D eigenvalue weighted by molar-refractivity contribution is 6.04. The minimum Gasteiger partial charge on any atom is -0.363 e. The van der Waals surface area contributed by atoms with E-state index in [1.54, 1.807) is 24.3 Å². The van der Waals surface area contributed by atoms with Crippen molar-refractivity contribution in [2.45, 2.75) is 6.92 Å². The minimum atomic E-state index is -0.245. The van der Waals surface area contributed by atoms with E-state index in [1.165, 1.54) is 6.26 Å². The van der Waals surface area contributed by atoms with Gasteiger partial charge in [0.05, 0.1) is 5.69 Å². The number of hydrogen-bond acceptors (Lipinski definition) is 5. The molecule has 0 radical (unpaired) electrons. The average molecular weight is 232 g/mol. The number of anilines is 2. The number of nitrogen functional groups attached to an aromatic ring is 1. The zero-order valence-electron chi connectivity index (χ0n) is 9.23. The summed E-state index contributed by atoms with van der Waals surface area (Å²) in [5.74, 6) is 5.45. The first-order chi connectivity index (χ1) is 8.20. The topological polar surface area (TPSA) is 93.2 Å². The van der Waals surface area contributed by atoms with E-state index in [1.807, 2.05) is 6.92 Å². The molecule has 2 aromatic rings. The SMILES string of the molecule is Cc1cc(C(=O)Nc2ccon2)ccc1NN. The molecule has 0 saturated heterocycles. The quantitative estimate of drug-likeness (QED) is 0.551. The maximum absolute atomic E-state index is 11.8. The van der Waals surface area contributed by atoms with Crippen LogP contribution in [0.4, 0.5) is 11.5 Å². The second-order valence-corrected chi connectivity index (χ2v) is 3.51. The Labute approximate surface area is 97.8 Å². The molecule has 1 amide bonds. The van der Waals surface area contributed by atoms with Crippen molar-refractivity contribution in [3.8, 4) is 0 Å². The van der Waals surface area contributed by atoms with E-state index in [4.69, 9.17) is 5.84 Å². The van der Waals surface area contributed by atoms with Crippen molar-refractivity contribution in [1.29, 1.82) is 0 Å². The van der Waals surface area contributed by atoms with E-state index in [-0.39, 0.29) is 5.91 Å². The molecule has 6 nitrogen and oxygen atoms in total. The smallest absolute Gasteiger partial charge is 0.256 e. The highest BCUT2D eigenvalue weighted by Gasteiger charge is 2.09. The summed E-state index contributed by atoms with van der Waals surface area (Å²) in [6.07, 6.45) is 1.39. The molecule has 1 aromatic heterocycles. The molecule has 0 saturated carbocycles. The van der Waals surface area contributed by atoms with Crippen LogP contribution < -0.4 is 16.6 Å². The van der Waals surface area contributed by atoms with Crippen LogP contribution in [0.1, 0.15) is 15.9 Å². The first-order valence-corrected chi connectivity index (χ1v) is 4.99. The number of rotatable bonds is 3. The Morgan fingerprint density at radius 2 is 2.24 bits per heavy atom. The van der Waals surface area contributed by atoms with Crippen LogP contribution in [0.25, 0.3) is 0 Å². The van der Waals surface area contributed by atoms with Gasteiger partial charge in [-0.2, -0.15) is 0 Å². The first kappa shape index (κ1) is 11.2. The molecule has 0 unspecified atom stereocenters. The maximum Gasteiger partial charge on any atom is 0.256 e. The molecule has 4 N–H and O–H groups in total. The summed E-state index contributed by atoms with van der Waals surface area (Å²) >= 11 is 0. The number of nitrogens with zero attached hydrogens (tertiary/aromatic N) is 1. The molecule has 6 heteroatoms. The molecular weight excluding hydrogens is 220 g/mol. The zero-order chi connectivity index (χ0) is 12.3. The van der Waals surface area contributed by atoms with E-state index in [2.05, 4.69) is 20.4 Å². The van der Waals surface area contributed by atoms with E-state index >= 15 is 0 Å². The summed E-state index contributed by atoms with van der Waals surface area (Å²) in [5.41, 5.74) is 4.75. The Morgan fingerprint density at radius 3 is 2.82 bits per heavy atom. The minimum absolute atomic E-state index is 0.245. The van der Waals surface area contributed by atoms with Crippen molar-refractivity contribution in [1.82, 2.24) is 5.16 Å². The maximum atomic E-state index is 11.8. The number of carbonyl (C=O) groups is 1. The van der Waals surface area contributed by atoms with Gasteiger partial charge in [-0.3, -0.25) is 10.6 Å². The van der Waals surface area contributed by atoms with Gasteiger partial charge < -0.3 is 15.3 Å². The summed E-state index contributed by atoms with van der Waals surface area (Å²) in [7, 11) is 0. The van der Waals surface area contributed by atoms with Crippen LogP contribution in [0.3, 0.4) is 0 Å². The van der Waals surface area contributed by atoms with Crippen LogP contribution in [0.2, 0.25) is 0 Å². The highest BCUT2D eigenvalue weighted by atomic mass is 16.5. The summed E-state index contributed by atoms with van der Waals surface area (Å²) < 4.78 is 4.62. The van der Waals surface area contributed by atoms with Gasteiger partial charge in [-0.1, -0.05) is 5.16 Å². The van der Waals surface area contributed by atoms with E-state index in [9.17, 15) is 4.79 Å². The van der Waals surface area contributed by atoms with Crippen molar-refractivity contribution in [2.75, 3.05) is 10.7 Å². The normalized spacial score (nSPS) is 10.0. The highest BCUT2D eigenvalue weighted by Crippen LogP contribution is 2.16. The molecule has 0 aliphatic carbocycles. The van der Waals surface area contributed by atoms with Gasteiger partial charge in [0.1, 0.15) is 6.26 Å². The van der Waals surface area contributed by atoms with Crippen molar-refractivity contribution in [2.24, 2.45) is 5.84 Å². The van der Waals surface area contributed by atoms with Crippen LogP contribution in [-0.2, 0) is 0 Å². The van der Waals surface area contributed by atoms with E-state index in [0.29, 0.717) is 11.4 Å². The summed E-state index contributed by atoms with van der Waals surface area (Å²) in [4.78, 5) is 11.8. The predicted molar refractivity (Wildman–Crippen MR) is 63.4 cm³/mol. The molecule has 1 aromatic carbocycles. The fraction of sp³-hybridized carbons (Fsp3) is 0.0909. The van der Waals surface area contributed by atoms with Gasteiger partial charge in [-0.05, 0) is 30.7 Å². The summed E-state index contributed by atoms with van der Waals surface area (Å²) in [6, 6.07) is 6.73. The van der Waals surface area contributed by atoms with Gasteiger partial charge in [-0.15, -0.1) is 0 Å². The fourth-order valence-corrected chi connectivity index (χ4v) is 1.43. The zero-order valence-corrected chi connectivity index (χ0v) is 9.23. The molecule has 0 atom stereocenters. The third kappa shape index (κ3) is 2.43. The van der Waals surface area contributed by atoms with E-state index in [0.717, 1.165) is 11.3 Å². The Bertz CT molecular complexity index is 522. The van der Waals surface area contributed by atoms with Crippen LogP contribution >= 0.6 is 0 Å². The third-order valence-corrected chi connectivity index (χ3v) is 2.32. The Morgan fingerprint density at radius 1 is 1.41 bits per heavy atom. The summed E-state index contributed by atoms with van der Waals surface area (Å²) in [6.45, 7) is 1.86. The van der Waals surface area contributed by atoms with Crippen LogP contribution in [0, 0.1) is 6.92 Å². The largest absolute Gasteiger partial charge is 0.363 e. The molecule has 88 valence electrons. The monoisotopic (exact) mass is 232 g/mol. The number of benzene rings is 1. The van der Waals surface area contributed by atoms with Gasteiger partial charge in [0.15, 0.2) is 5.82 Å². The predicted octanol–water partition coefficient (Wildman–Crippen LogP) is 1.52. The molecule has 0 fully saturated rings. The lowest BCUT2D eigenvalue weighted by molar-refractivity contribution is 0.102. The second-order valence-electron chi connectivity index (χ2n) is 3.51. The number of carbonyl (C=O) groups excluding carboxylic acids is 1. The van der Waals surface area contributed by atoms with Crippen molar-refractivity contribution in [3.63, 3.8) is 0 Å². The number of amides is 1. The Kier molecular flexibility index (Phi) is 3.06. The van der Waals surface area contributed by atoms with Gasteiger partial charge in [-0.25, -0.2) is 0 Å². The number of hydrogen-bond donors (Lipinski definition) is 3. The molecule has 1 heterocycles. The second kappa shape index (κ2) is 4.67. The molecular formula is C11H12N4O2. The molecule has 0 bridgehead atoms. The van der Waals surface area contributed by atoms with Crippen molar-refractivity contribution < 1.29 is 9.32 Å². The lowest BCUT2D eigenvalue weighted by Gasteiger charge is -2.07. The molecule has 0 aliphatic heterocycles. The molecule has 0 aliphatic rings. The van der Waals surface area contributed by atoms with Crippen molar-refractivity contribution in [3.05, 3.63) is 41.7 Å². The Hall–Kier alpha value is -2.34. The van der Waals surface area contributed by atoms with Crippen LogP contribution in [0.5, 0.6) is 0 Å². The number of nitrogens with one attached hydrogen (secondary N) is 2. The molecule has 2 rings (SSSR count). The fourth-order valence-electron chi connectivity index (χ4n) is 1.43. The lowest BCUT2D eigenvalue weighted by atomic mass is 10.1. The van der Waals surface area contributed by atoms with Gasteiger partial charge in [0.2, 0.25) is 0 Å². The molecule has 0 spiro atoms. The number of aromatic nitrogens is 1. The third-order valence-electron chi connectivity index (χ3n) is 2.32. The standard InChI is InChI=1S/C11H12N4O2/c1-7-6-8(2-3-9(7)14-12)11(16)13-10-4-5-17-15-10/h2-6,14H,12H2,1H3,(H,13,15,16). The summed E-state index contributed by atoms with van der Waals surface area (Å²) in [5, 5.41) is 6.21. The van der Waals surface area contributed by atoms with Crippen LogP contribution in [0.15, 0.2) is 35.1 Å². The first-order valence-electron chi connectivity index (χ1n) is 4.99. The number of aryl methyl sites for hydroxylation is 1. The van der Waals surface area contributed by atoms with E-state index < -0.39 is 0 Å². The van der Waals surface area contributed by atoms with Crippen molar-refractivity contribution >= 4 is 17.4 Å². The number of hydrazine groups is 1. The molecule has 17 heavy (non-hydrogen) atoms. The van der Waals surface area contributed by atoms with Gasteiger partial charge in [0, 0.05) is 11.6 Å². The van der Waals surface area contributed by atoms with Gasteiger partial charge in [0.25, 0.3) is 5.91 Å². The van der Waals surface area contributed by atoms with Gasteiger partial charge >= 0.3 is 0 Å². The number of nitrogens with two attached hydrogens (primary N) is 1. The van der Waals surface area contributed by atoms with Crippen LogP contribution in [-0.4, -0.2) is 11.1 Å².